The quantitative estimate of drug-likeness (QED) is 0.757. The lowest BCUT2D eigenvalue weighted by atomic mass is 9.94. The molecule has 1 amide bonds. The third kappa shape index (κ3) is 4.05. The molecule has 0 saturated carbocycles. The van der Waals surface area contributed by atoms with Crippen molar-refractivity contribution in [2.24, 2.45) is 5.73 Å². The van der Waals surface area contributed by atoms with Crippen LogP contribution in [-0.2, 0) is 0 Å². The molecule has 0 bridgehead atoms. The summed E-state index contributed by atoms with van der Waals surface area (Å²) in [6.07, 6.45) is 1.52. The van der Waals surface area contributed by atoms with Crippen molar-refractivity contribution >= 4 is 18.3 Å². The lowest BCUT2D eigenvalue weighted by Gasteiger charge is -2.26. The van der Waals surface area contributed by atoms with Crippen LogP contribution in [0.2, 0.25) is 0 Å². The highest BCUT2D eigenvalue weighted by Gasteiger charge is 2.23. The first-order chi connectivity index (χ1) is 8.84. The van der Waals surface area contributed by atoms with Crippen LogP contribution in [0.25, 0.3) is 0 Å². The van der Waals surface area contributed by atoms with Crippen molar-refractivity contribution in [3.8, 4) is 0 Å². The van der Waals surface area contributed by atoms with E-state index in [9.17, 15) is 9.59 Å². The van der Waals surface area contributed by atoms with Crippen molar-refractivity contribution in [2.75, 3.05) is 6.54 Å². The first-order valence-corrected chi connectivity index (χ1v) is 6.47. The van der Waals surface area contributed by atoms with Gasteiger partial charge < -0.3 is 11.1 Å². The number of halogens is 1. The highest BCUT2D eigenvalue weighted by Crippen LogP contribution is 2.10. The predicted molar refractivity (Wildman–Crippen MR) is 81.4 cm³/mol. The van der Waals surface area contributed by atoms with Gasteiger partial charge in [-0.1, -0.05) is 13.8 Å². The van der Waals surface area contributed by atoms with Crippen LogP contribution in [0.5, 0.6) is 0 Å². The van der Waals surface area contributed by atoms with Gasteiger partial charge in [-0.25, -0.2) is 5.10 Å². The van der Waals surface area contributed by atoms with Crippen molar-refractivity contribution in [1.82, 2.24) is 15.5 Å². The van der Waals surface area contributed by atoms with E-state index >= 15 is 0 Å². The molecule has 0 saturated heterocycles. The zero-order chi connectivity index (χ0) is 14.6. The van der Waals surface area contributed by atoms with Crippen molar-refractivity contribution in [2.45, 2.75) is 46.1 Å². The minimum atomic E-state index is -0.476. The number of carbonyl (C=O) groups is 1. The highest BCUT2D eigenvalue weighted by molar-refractivity contribution is 5.95. The number of aryl methyl sites for hydroxylation is 1. The Hall–Kier alpha value is -1.40. The Morgan fingerprint density at radius 3 is 2.40 bits per heavy atom. The smallest absolute Gasteiger partial charge is 0.277 e. The molecule has 1 aromatic heterocycles. The number of carbonyl (C=O) groups excluding carboxylic acids is 1. The summed E-state index contributed by atoms with van der Waals surface area (Å²) < 4.78 is 0. The maximum atomic E-state index is 12.1. The molecule has 114 valence electrons. The van der Waals surface area contributed by atoms with Crippen molar-refractivity contribution in [3.63, 3.8) is 0 Å². The summed E-state index contributed by atoms with van der Waals surface area (Å²) in [6.45, 7) is 7.75. The van der Waals surface area contributed by atoms with Gasteiger partial charge in [0, 0.05) is 12.1 Å². The summed E-state index contributed by atoms with van der Waals surface area (Å²) in [5, 5.41) is 8.88. The lowest BCUT2D eigenvalue weighted by molar-refractivity contribution is 0.0939. The van der Waals surface area contributed by atoms with E-state index in [2.05, 4.69) is 15.5 Å². The van der Waals surface area contributed by atoms with Gasteiger partial charge >= 0.3 is 0 Å². The number of aromatic amines is 1. The molecule has 0 aromatic carbocycles. The molecule has 20 heavy (non-hydrogen) atoms. The molecular weight excluding hydrogens is 280 g/mol. The Morgan fingerprint density at radius 1 is 1.35 bits per heavy atom. The molecule has 0 unspecified atom stereocenters. The number of nitrogens with one attached hydrogen (secondary N) is 2. The van der Waals surface area contributed by atoms with Crippen molar-refractivity contribution in [1.29, 1.82) is 0 Å². The van der Waals surface area contributed by atoms with E-state index in [0.717, 1.165) is 12.8 Å². The molecule has 1 aromatic rings. The molecule has 0 aliphatic rings. The molecule has 0 fully saturated rings. The molecule has 1 heterocycles. The maximum Gasteiger partial charge on any atom is 0.277 e. The van der Waals surface area contributed by atoms with Gasteiger partial charge in [0.15, 0.2) is 0 Å². The van der Waals surface area contributed by atoms with E-state index < -0.39 is 17.0 Å². The van der Waals surface area contributed by atoms with E-state index in [4.69, 9.17) is 5.73 Å². The number of H-pyrrole nitrogens is 1. The van der Waals surface area contributed by atoms with Crippen LogP contribution >= 0.6 is 12.4 Å². The van der Waals surface area contributed by atoms with Crippen LogP contribution in [0.4, 0.5) is 0 Å². The number of amides is 1. The molecule has 6 nitrogen and oxygen atoms in total. The second kappa shape index (κ2) is 7.40. The molecule has 0 aliphatic heterocycles. The van der Waals surface area contributed by atoms with Crippen LogP contribution in [0, 0.1) is 13.8 Å². The normalized spacial score (nSPS) is 10.8. The molecule has 0 aliphatic carbocycles. The van der Waals surface area contributed by atoms with Crippen LogP contribution in [-0.4, -0.2) is 28.2 Å². The average Bonchev–Trinajstić information content (AvgIpc) is 2.40. The molecule has 0 spiro atoms. The first-order valence-electron chi connectivity index (χ1n) is 6.47. The number of nitrogens with two attached hydrogens (primary N) is 1. The van der Waals surface area contributed by atoms with Gasteiger partial charge in [-0.3, -0.25) is 9.59 Å². The number of nitrogens with zero attached hydrogens (tertiary/aromatic N) is 1. The number of rotatable bonds is 5. The minimum Gasteiger partial charge on any atom is -0.350 e. The second-order valence-corrected chi connectivity index (χ2v) is 4.89. The van der Waals surface area contributed by atoms with Crippen LogP contribution in [0.3, 0.4) is 0 Å². The van der Waals surface area contributed by atoms with Gasteiger partial charge in [0.2, 0.25) is 0 Å². The predicted octanol–water partition coefficient (Wildman–Crippen LogP) is 1.06. The lowest BCUT2D eigenvalue weighted by Crippen LogP contribution is -2.50. The van der Waals surface area contributed by atoms with E-state index in [1.807, 2.05) is 13.8 Å². The number of hydrogen-bond acceptors (Lipinski definition) is 4. The number of aromatic nitrogens is 2. The van der Waals surface area contributed by atoms with Gasteiger partial charge in [0.1, 0.15) is 5.56 Å². The van der Waals surface area contributed by atoms with E-state index in [1.54, 1.807) is 13.8 Å². The zero-order valence-corrected chi connectivity index (χ0v) is 13.2. The topological polar surface area (TPSA) is 101 Å². The standard InChI is InChI=1S/C13H22N4O2.ClH/c1-5-13(14,6-2)7-15-11(18)10-8(3)9(4)16-17-12(10)19;/h5-7,14H2,1-4H3,(H,15,18)(H,17,19);1H. The molecule has 0 atom stereocenters. The summed E-state index contributed by atoms with van der Waals surface area (Å²) in [5.74, 6) is -0.402. The summed E-state index contributed by atoms with van der Waals surface area (Å²) in [6, 6.07) is 0. The molecule has 1 rings (SSSR count). The SMILES string of the molecule is CCC(N)(CC)CNC(=O)c1c(C)c(C)n[nH]c1=O.Cl. The zero-order valence-electron chi connectivity index (χ0n) is 12.4. The Morgan fingerprint density at radius 2 is 1.90 bits per heavy atom. The van der Waals surface area contributed by atoms with E-state index in [1.165, 1.54) is 0 Å². The third-order valence-electron chi connectivity index (χ3n) is 3.71. The Balaban J connectivity index is 0.00000361. The monoisotopic (exact) mass is 302 g/mol. The molecule has 4 N–H and O–H groups in total. The van der Waals surface area contributed by atoms with E-state index in [0.29, 0.717) is 17.8 Å². The largest absolute Gasteiger partial charge is 0.350 e. The van der Waals surface area contributed by atoms with E-state index in [-0.39, 0.29) is 18.0 Å². The fourth-order valence-electron chi connectivity index (χ4n) is 1.74. The van der Waals surface area contributed by atoms with Crippen molar-refractivity contribution in [3.05, 3.63) is 27.2 Å². The van der Waals surface area contributed by atoms with Crippen LogP contribution in [0.1, 0.15) is 48.3 Å². The molecule has 7 heteroatoms. The first kappa shape index (κ1) is 18.6. The van der Waals surface area contributed by atoms with Gasteiger partial charge in [-0.2, -0.15) is 5.10 Å². The van der Waals surface area contributed by atoms with Crippen LogP contribution in [0.15, 0.2) is 4.79 Å². The number of hydrogen-bond donors (Lipinski definition) is 3. The molecule has 0 radical (unpaired) electrons. The maximum absolute atomic E-state index is 12.1. The van der Waals surface area contributed by atoms with Gasteiger partial charge in [0.05, 0.1) is 5.69 Å². The Labute approximate surface area is 124 Å². The highest BCUT2D eigenvalue weighted by atomic mass is 35.5. The minimum absolute atomic E-state index is 0. The molecular formula is C13H23ClN4O2. The second-order valence-electron chi connectivity index (χ2n) is 4.89. The summed E-state index contributed by atoms with van der Waals surface area (Å²) in [4.78, 5) is 23.8. The Bertz CT molecular complexity index is 524. The Kier molecular flexibility index (Phi) is 6.88. The van der Waals surface area contributed by atoms with Crippen LogP contribution < -0.4 is 16.6 Å². The summed E-state index contributed by atoms with van der Waals surface area (Å²) in [5.41, 5.74) is 6.55. The van der Waals surface area contributed by atoms with Gasteiger partial charge in [-0.05, 0) is 32.3 Å². The van der Waals surface area contributed by atoms with Gasteiger partial charge in [0.25, 0.3) is 11.5 Å². The summed E-state index contributed by atoms with van der Waals surface area (Å²) in [7, 11) is 0. The fourth-order valence-corrected chi connectivity index (χ4v) is 1.74. The summed E-state index contributed by atoms with van der Waals surface area (Å²) >= 11 is 0. The van der Waals surface area contributed by atoms with Crippen molar-refractivity contribution < 1.29 is 4.79 Å². The average molecular weight is 303 g/mol. The fraction of sp³-hybridized carbons (Fsp3) is 0.615. The third-order valence-corrected chi connectivity index (χ3v) is 3.71. The van der Waals surface area contributed by atoms with Gasteiger partial charge in [-0.15, -0.1) is 12.4 Å².